The summed E-state index contributed by atoms with van der Waals surface area (Å²) in [6.07, 6.45) is 2.99. The van der Waals surface area contributed by atoms with Gasteiger partial charge in [0.05, 0.1) is 17.7 Å². The van der Waals surface area contributed by atoms with E-state index in [1.165, 1.54) is 45.5 Å². The van der Waals surface area contributed by atoms with Gasteiger partial charge >= 0.3 is 0 Å². The predicted octanol–water partition coefficient (Wildman–Crippen LogP) is 4.39. The van der Waals surface area contributed by atoms with Crippen LogP contribution in [-0.2, 0) is 14.8 Å². The highest BCUT2D eigenvalue weighted by atomic mass is 32.2. The summed E-state index contributed by atoms with van der Waals surface area (Å²) in [6.45, 7) is 0. The van der Waals surface area contributed by atoms with Crippen molar-refractivity contribution in [1.82, 2.24) is 4.31 Å². The second kappa shape index (κ2) is 10.1. The topological polar surface area (TPSA) is 84.9 Å². The molecule has 0 atom stereocenters. The second-order valence-corrected chi connectivity index (χ2v) is 9.11. The Morgan fingerprint density at radius 3 is 2.34 bits per heavy atom. The van der Waals surface area contributed by atoms with Crippen molar-refractivity contribution in [3.8, 4) is 17.2 Å². The number of nitrogens with one attached hydrogen (secondary N) is 1. The molecule has 3 aromatic rings. The highest BCUT2D eigenvalue weighted by Gasteiger charge is 2.19. The first-order valence-electron chi connectivity index (χ1n) is 9.72. The zero-order valence-corrected chi connectivity index (χ0v) is 18.8. The van der Waals surface area contributed by atoms with E-state index in [1.54, 1.807) is 6.08 Å². The summed E-state index contributed by atoms with van der Waals surface area (Å²) in [5.74, 6) is 1.27. The Morgan fingerprint density at radius 2 is 1.66 bits per heavy atom. The van der Waals surface area contributed by atoms with Crippen LogP contribution in [0.15, 0.2) is 83.8 Å². The van der Waals surface area contributed by atoms with Crippen LogP contribution in [0.2, 0.25) is 0 Å². The van der Waals surface area contributed by atoms with Crippen LogP contribution in [0.25, 0.3) is 6.08 Å². The van der Waals surface area contributed by atoms with Gasteiger partial charge in [0, 0.05) is 20.2 Å². The lowest BCUT2D eigenvalue weighted by molar-refractivity contribution is -0.111. The minimum absolute atomic E-state index is 0.0494. The molecule has 0 aliphatic rings. The summed E-state index contributed by atoms with van der Waals surface area (Å²) < 4.78 is 36.9. The standard InChI is InChI=1S/C24H24N2O5S/c1-26(2)32(28,29)21-13-14-23(30-3)22(17-21)25-24(27)15-12-18-8-7-11-20(16-18)31-19-9-5-4-6-10-19/h4-17H,1-3H3,(H,25,27)/b15-12+. The molecule has 8 heteroatoms. The van der Waals surface area contributed by atoms with Gasteiger partial charge in [-0.05, 0) is 54.1 Å². The zero-order chi connectivity index (χ0) is 23.1. The third-order valence-electron chi connectivity index (χ3n) is 4.47. The van der Waals surface area contributed by atoms with E-state index in [0.717, 1.165) is 9.87 Å². The molecule has 0 heterocycles. The van der Waals surface area contributed by atoms with Gasteiger partial charge in [0.25, 0.3) is 0 Å². The van der Waals surface area contributed by atoms with Crippen molar-refractivity contribution in [3.63, 3.8) is 0 Å². The molecule has 0 unspecified atom stereocenters. The van der Waals surface area contributed by atoms with Crippen LogP contribution >= 0.6 is 0 Å². The van der Waals surface area contributed by atoms with Crippen molar-refractivity contribution in [3.05, 3.63) is 84.4 Å². The Balaban J connectivity index is 1.75. The fourth-order valence-corrected chi connectivity index (χ4v) is 3.74. The van der Waals surface area contributed by atoms with Gasteiger partial charge in [-0.3, -0.25) is 4.79 Å². The fourth-order valence-electron chi connectivity index (χ4n) is 2.81. The molecule has 0 saturated heterocycles. The number of para-hydroxylation sites is 1. The van der Waals surface area contributed by atoms with Crippen molar-refractivity contribution in [1.29, 1.82) is 0 Å². The van der Waals surface area contributed by atoms with Crippen LogP contribution in [0.4, 0.5) is 5.69 Å². The first-order valence-corrected chi connectivity index (χ1v) is 11.2. The van der Waals surface area contributed by atoms with Gasteiger partial charge in [0.1, 0.15) is 17.2 Å². The van der Waals surface area contributed by atoms with Crippen molar-refractivity contribution in [2.75, 3.05) is 26.5 Å². The summed E-state index contributed by atoms with van der Waals surface area (Å²) in [5.41, 5.74) is 1.02. The predicted molar refractivity (Wildman–Crippen MR) is 124 cm³/mol. The van der Waals surface area contributed by atoms with Gasteiger partial charge < -0.3 is 14.8 Å². The monoisotopic (exact) mass is 452 g/mol. The number of nitrogens with zero attached hydrogens (tertiary/aromatic N) is 1. The minimum atomic E-state index is -3.65. The molecule has 0 aliphatic heterocycles. The Kier molecular flexibility index (Phi) is 7.29. The normalized spacial score (nSPS) is 11.5. The lowest BCUT2D eigenvalue weighted by Gasteiger charge is -2.14. The van der Waals surface area contributed by atoms with E-state index in [9.17, 15) is 13.2 Å². The molecule has 0 aliphatic carbocycles. The lowest BCUT2D eigenvalue weighted by Crippen LogP contribution is -2.22. The van der Waals surface area contributed by atoms with Gasteiger partial charge in [-0.2, -0.15) is 0 Å². The Morgan fingerprint density at radius 1 is 0.938 bits per heavy atom. The SMILES string of the molecule is COc1ccc(S(=O)(=O)N(C)C)cc1NC(=O)/C=C/c1cccc(Oc2ccccc2)c1. The number of amides is 1. The fraction of sp³-hybridized carbons (Fsp3) is 0.125. The van der Waals surface area contributed by atoms with E-state index in [2.05, 4.69) is 5.32 Å². The average molecular weight is 453 g/mol. The molecule has 1 amide bonds. The number of hydrogen-bond donors (Lipinski definition) is 1. The second-order valence-electron chi connectivity index (χ2n) is 6.96. The van der Waals surface area contributed by atoms with Crippen molar-refractivity contribution in [2.45, 2.75) is 4.90 Å². The molecule has 32 heavy (non-hydrogen) atoms. The number of carbonyl (C=O) groups excluding carboxylic acids is 1. The van der Waals surface area contributed by atoms with Gasteiger partial charge in [0.15, 0.2) is 0 Å². The van der Waals surface area contributed by atoms with Crippen molar-refractivity contribution >= 4 is 27.7 Å². The quantitative estimate of drug-likeness (QED) is 0.513. The molecule has 0 radical (unpaired) electrons. The zero-order valence-electron chi connectivity index (χ0n) is 18.0. The number of methoxy groups -OCH3 is 1. The molecule has 3 aromatic carbocycles. The van der Waals surface area contributed by atoms with Crippen molar-refractivity contribution < 1.29 is 22.7 Å². The van der Waals surface area contributed by atoms with Crippen LogP contribution in [-0.4, -0.2) is 39.8 Å². The Bertz CT molecular complexity index is 1220. The summed E-state index contributed by atoms with van der Waals surface area (Å²) in [5, 5.41) is 2.67. The smallest absolute Gasteiger partial charge is 0.248 e. The number of sulfonamides is 1. The van der Waals surface area contributed by atoms with Crippen LogP contribution < -0.4 is 14.8 Å². The Labute approximate surface area is 188 Å². The molecule has 1 N–H and O–H groups in total. The molecule has 0 fully saturated rings. The molecular formula is C24H24N2O5S. The van der Waals surface area contributed by atoms with Gasteiger partial charge in [0.2, 0.25) is 15.9 Å². The molecule has 0 spiro atoms. The molecule has 166 valence electrons. The number of carbonyl (C=O) groups is 1. The maximum Gasteiger partial charge on any atom is 0.248 e. The van der Waals surface area contributed by atoms with Crippen LogP contribution in [0.3, 0.4) is 0 Å². The maximum absolute atomic E-state index is 12.5. The van der Waals surface area contributed by atoms with E-state index in [4.69, 9.17) is 9.47 Å². The van der Waals surface area contributed by atoms with Crippen molar-refractivity contribution in [2.24, 2.45) is 0 Å². The number of rotatable bonds is 8. The first-order chi connectivity index (χ1) is 15.3. The Hall–Kier alpha value is -3.62. The molecule has 0 bridgehead atoms. The number of ether oxygens (including phenoxy) is 2. The molecule has 0 saturated carbocycles. The maximum atomic E-state index is 12.5. The first kappa shape index (κ1) is 23.1. The number of benzene rings is 3. The van der Waals surface area contributed by atoms with E-state index in [-0.39, 0.29) is 10.6 Å². The summed E-state index contributed by atoms with van der Waals surface area (Å²) in [6, 6.07) is 21.0. The van der Waals surface area contributed by atoms with Gasteiger partial charge in [-0.15, -0.1) is 0 Å². The molecular weight excluding hydrogens is 428 g/mol. The van der Waals surface area contributed by atoms with E-state index in [0.29, 0.717) is 17.2 Å². The van der Waals surface area contributed by atoms with Crippen LogP contribution in [0.5, 0.6) is 17.2 Å². The highest BCUT2D eigenvalue weighted by Crippen LogP contribution is 2.28. The lowest BCUT2D eigenvalue weighted by atomic mass is 10.2. The van der Waals surface area contributed by atoms with E-state index in [1.807, 2.05) is 54.6 Å². The van der Waals surface area contributed by atoms with Crippen LogP contribution in [0.1, 0.15) is 5.56 Å². The van der Waals surface area contributed by atoms with E-state index < -0.39 is 15.9 Å². The third kappa shape index (κ3) is 5.75. The summed E-state index contributed by atoms with van der Waals surface area (Å²) in [7, 11) is 0.673. The highest BCUT2D eigenvalue weighted by molar-refractivity contribution is 7.89. The van der Waals surface area contributed by atoms with E-state index >= 15 is 0 Å². The molecule has 3 rings (SSSR count). The van der Waals surface area contributed by atoms with Gasteiger partial charge in [-0.1, -0.05) is 30.3 Å². The largest absolute Gasteiger partial charge is 0.495 e. The number of hydrogen-bond acceptors (Lipinski definition) is 5. The molecule has 7 nitrogen and oxygen atoms in total. The summed E-state index contributed by atoms with van der Waals surface area (Å²) >= 11 is 0. The number of anilines is 1. The third-order valence-corrected chi connectivity index (χ3v) is 6.28. The minimum Gasteiger partial charge on any atom is -0.495 e. The summed E-state index contributed by atoms with van der Waals surface area (Å²) in [4.78, 5) is 12.5. The van der Waals surface area contributed by atoms with Gasteiger partial charge in [-0.25, -0.2) is 12.7 Å². The molecule has 0 aromatic heterocycles. The average Bonchev–Trinajstić information content (AvgIpc) is 2.78. The van der Waals surface area contributed by atoms with Crippen LogP contribution in [0, 0.1) is 0 Å².